The number of nitrogens with zero attached hydrogens (tertiary/aromatic N) is 2. The van der Waals surface area contributed by atoms with Crippen LogP contribution in [0.1, 0.15) is 42.4 Å². The van der Waals surface area contributed by atoms with Crippen LogP contribution in [0.2, 0.25) is 0 Å². The summed E-state index contributed by atoms with van der Waals surface area (Å²) >= 11 is 6.52. The van der Waals surface area contributed by atoms with Crippen LogP contribution in [0.25, 0.3) is 5.57 Å². The highest BCUT2D eigenvalue weighted by atomic mass is 32.2. The number of carbonyl (C=O) groups excluding carboxylic acids is 3. The zero-order valence-electron chi connectivity index (χ0n) is 20.6. The van der Waals surface area contributed by atoms with Crippen molar-refractivity contribution in [3.05, 3.63) is 64.1 Å². The summed E-state index contributed by atoms with van der Waals surface area (Å²) in [4.78, 5) is 53.7. The van der Waals surface area contributed by atoms with E-state index in [1.54, 1.807) is 24.3 Å². The van der Waals surface area contributed by atoms with Gasteiger partial charge in [0.15, 0.2) is 0 Å². The molecule has 2 aromatic rings. The Bertz CT molecular complexity index is 1320. The van der Waals surface area contributed by atoms with Crippen molar-refractivity contribution in [1.82, 2.24) is 4.90 Å². The van der Waals surface area contributed by atoms with Crippen LogP contribution in [0.15, 0.2) is 47.4 Å². The first-order valence-corrected chi connectivity index (χ1v) is 13.2. The molecule has 1 fully saturated rings. The molecule has 4 rings (SSSR count). The maximum absolute atomic E-state index is 13.6. The van der Waals surface area contributed by atoms with Crippen LogP contribution in [0.5, 0.6) is 0 Å². The minimum atomic E-state index is -0.846. The summed E-state index contributed by atoms with van der Waals surface area (Å²) in [6.07, 6.45) is 1.87. The Hall–Kier alpha value is -3.50. The number of nitrogens with one attached hydrogen (secondary N) is 1. The zero-order valence-corrected chi connectivity index (χ0v) is 22.2. The van der Waals surface area contributed by atoms with Crippen molar-refractivity contribution in [3.8, 4) is 0 Å². The molecular weight excluding hydrogens is 510 g/mol. The van der Waals surface area contributed by atoms with Crippen molar-refractivity contribution in [3.63, 3.8) is 0 Å². The number of hydrogen-bond donors (Lipinski definition) is 2. The molecule has 37 heavy (non-hydrogen) atoms. The lowest BCUT2D eigenvalue weighted by Gasteiger charge is -2.18. The maximum Gasteiger partial charge on any atom is 0.303 e. The van der Waals surface area contributed by atoms with E-state index in [9.17, 15) is 19.2 Å². The quantitative estimate of drug-likeness (QED) is 0.275. The van der Waals surface area contributed by atoms with E-state index in [1.165, 1.54) is 9.80 Å². The number of aryl methyl sites for hydroxylation is 2. The number of hydrogen-bond acceptors (Lipinski definition) is 6. The summed E-state index contributed by atoms with van der Waals surface area (Å²) in [6.45, 7) is 3.98. The molecule has 2 aromatic carbocycles. The fraction of sp³-hybridized carbons (Fsp3) is 0.296. The number of amides is 3. The molecule has 0 saturated carbocycles. The van der Waals surface area contributed by atoms with Gasteiger partial charge in [0.25, 0.3) is 11.8 Å². The third-order valence-corrected chi connectivity index (χ3v) is 7.77. The number of fused-ring (bicyclic) bond motifs is 1. The Morgan fingerprint density at radius 2 is 1.65 bits per heavy atom. The molecule has 0 aromatic heterocycles. The summed E-state index contributed by atoms with van der Waals surface area (Å²) in [7, 11) is 0. The molecule has 0 atom stereocenters. The van der Waals surface area contributed by atoms with Crippen LogP contribution in [-0.4, -0.2) is 51.1 Å². The summed E-state index contributed by atoms with van der Waals surface area (Å²) in [6, 6.07) is 12.8. The third-order valence-electron chi connectivity index (χ3n) is 6.32. The molecule has 0 radical (unpaired) electrons. The van der Waals surface area contributed by atoms with Crippen LogP contribution in [0.3, 0.4) is 0 Å². The Kier molecular flexibility index (Phi) is 8.09. The lowest BCUT2D eigenvalue weighted by atomic mass is 10.1. The number of aliphatic carboxylic acids is 1. The van der Waals surface area contributed by atoms with Gasteiger partial charge in [-0.1, -0.05) is 66.8 Å². The topological polar surface area (TPSA) is 107 Å². The molecule has 0 unspecified atom stereocenters. The predicted octanol–water partition coefficient (Wildman–Crippen LogP) is 4.51. The molecule has 0 aliphatic carbocycles. The van der Waals surface area contributed by atoms with Gasteiger partial charge in [-0.15, -0.1) is 0 Å². The molecule has 10 heteroatoms. The number of carboxylic acids is 1. The molecule has 2 aliphatic heterocycles. The highest BCUT2D eigenvalue weighted by Crippen LogP contribution is 2.44. The molecule has 8 nitrogen and oxygen atoms in total. The van der Waals surface area contributed by atoms with Crippen molar-refractivity contribution in [1.29, 1.82) is 0 Å². The molecule has 2 aliphatic rings. The lowest BCUT2D eigenvalue weighted by molar-refractivity contribution is -0.137. The Morgan fingerprint density at radius 1 is 0.946 bits per heavy atom. The summed E-state index contributed by atoms with van der Waals surface area (Å²) in [5.74, 6) is -1.94. The van der Waals surface area contributed by atoms with E-state index >= 15 is 0 Å². The molecule has 192 valence electrons. The fourth-order valence-electron chi connectivity index (χ4n) is 4.46. The number of carbonyl (C=O) groups is 4. The van der Waals surface area contributed by atoms with Gasteiger partial charge >= 0.3 is 5.97 Å². The van der Waals surface area contributed by atoms with E-state index in [2.05, 4.69) is 5.32 Å². The molecule has 2 heterocycles. The average molecular weight is 538 g/mol. The second-order valence-electron chi connectivity index (χ2n) is 8.96. The van der Waals surface area contributed by atoms with E-state index in [-0.39, 0.29) is 35.3 Å². The van der Waals surface area contributed by atoms with Gasteiger partial charge in [-0.2, -0.15) is 0 Å². The number of anilines is 2. The minimum Gasteiger partial charge on any atom is -0.481 e. The Balaban J connectivity index is 1.54. The molecule has 0 bridgehead atoms. The summed E-state index contributed by atoms with van der Waals surface area (Å²) < 4.78 is 0.363. The first-order valence-electron chi connectivity index (χ1n) is 12.0. The smallest absolute Gasteiger partial charge is 0.303 e. The van der Waals surface area contributed by atoms with E-state index < -0.39 is 11.9 Å². The number of carboxylic acid groups (broad SMARTS) is 1. The van der Waals surface area contributed by atoms with Gasteiger partial charge < -0.3 is 10.4 Å². The van der Waals surface area contributed by atoms with Crippen molar-refractivity contribution < 1.29 is 24.3 Å². The van der Waals surface area contributed by atoms with Gasteiger partial charge in [-0.3, -0.25) is 29.0 Å². The SMILES string of the molecule is Cc1cccc(C)c1NC(=O)CN1C(=O)C(=C2SC(=S)N(CCCCCC(=O)O)C2=O)c2ccccc21. The van der Waals surface area contributed by atoms with Gasteiger partial charge in [0.05, 0.1) is 16.2 Å². The Morgan fingerprint density at radius 3 is 2.35 bits per heavy atom. The number of para-hydroxylation sites is 2. The second-order valence-corrected chi connectivity index (χ2v) is 10.6. The van der Waals surface area contributed by atoms with E-state index in [0.29, 0.717) is 41.4 Å². The number of thioether (sulfide) groups is 1. The highest BCUT2D eigenvalue weighted by molar-refractivity contribution is 8.26. The van der Waals surface area contributed by atoms with Crippen LogP contribution >= 0.6 is 24.0 Å². The zero-order chi connectivity index (χ0) is 26.7. The number of thiocarbonyl (C=S) groups is 1. The summed E-state index contributed by atoms with van der Waals surface area (Å²) in [5.41, 5.74) is 3.98. The van der Waals surface area contributed by atoms with Crippen LogP contribution in [-0.2, 0) is 19.2 Å². The van der Waals surface area contributed by atoms with Crippen molar-refractivity contribution in [2.75, 3.05) is 23.3 Å². The number of benzene rings is 2. The molecule has 2 N–H and O–H groups in total. The minimum absolute atomic E-state index is 0.0839. The molecular formula is C27H27N3O5S2. The average Bonchev–Trinajstić information content (AvgIpc) is 3.28. The van der Waals surface area contributed by atoms with Gasteiger partial charge in [0, 0.05) is 24.2 Å². The maximum atomic E-state index is 13.6. The third kappa shape index (κ3) is 5.60. The van der Waals surface area contributed by atoms with E-state index in [4.69, 9.17) is 17.3 Å². The molecule has 3 amide bonds. The second kappa shape index (κ2) is 11.3. The van der Waals surface area contributed by atoms with Gasteiger partial charge in [0.1, 0.15) is 10.9 Å². The Labute approximate surface area is 224 Å². The van der Waals surface area contributed by atoms with E-state index in [0.717, 1.165) is 28.6 Å². The number of unbranched alkanes of at least 4 members (excludes halogenated alkanes) is 2. The lowest BCUT2D eigenvalue weighted by Crippen LogP contribution is -2.36. The first-order chi connectivity index (χ1) is 17.7. The summed E-state index contributed by atoms with van der Waals surface area (Å²) in [5, 5.41) is 11.7. The van der Waals surface area contributed by atoms with Crippen molar-refractivity contribution >= 4 is 68.9 Å². The van der Waals surface area contributed by atoms with Gasteiger partial charge in [0.2, 0.25) is 5.91 Å². The van der Waals surface area contributed by atoms with Gasteiger partial charge in [-0.25, -0.2) is 0 Å². The van der Waals surface area contributed by atoms with Gasteiger partial charge in [-0.05, 0) is 43.9 Å². The standard InChI is InChI=1S/C27H27N3O5S2/c1-16-9-8-10-17(2)23(16)28-20(31)15-30-19-12-6-5-11-18(19)22(25(30)34)24-26(35)29(27(36)37-24)14-7-3-4-13-21(32)33/h5-6,8-12H,3-4,7,13-15H2,1-2H3,(H,28,31)(H,32,33). The monoisotopic (exact) mass is 537 g/mol. The first kappa shape index (κ1) is 26.6. The van der Waals surface area contributed by atoms with Crippen molar-refractivity contribution in [2.45, 2.75) is 39.5 Å². The van der Waals surface area contributed by atoms with Crippen LogP contribution < -0.4 is 10.2 Å². The number of rotatable bonds is 9. The largest absolute Gasteiger partial charge is 0.481 e. The van der Waals surface area contributed by atoms with E-state index in [1.807, 2.05) is 32.0 Å². The normalized spacial score (nSPS) is 17.0. The molecule has 0 spiro atoms. The predicted molar refractivity (Wildman–Crippen MR) is 148 cm³/mol. The molecule has 1 saturated heterocycles. The van der Waals surface area contributed by atoms with Crippen molar-refractivity contribution in [2.24, 2.45) is 0 Å². The highest BCUT2D eigenvalue weighted by Gasteiger charge is 2.42. The van der Waals surface area contributed by atoms with Crippen LogP contribution in [0.4, 0.5) is 11.4 Å². The van der Waals surface area contributed by atoms with Crippen LogP contribution in [0, 0.1) is 13.8 Å². The fourth-order valence-corrected chi connectivity index (χ4v) is 5.84.